The van der Waals surface area contributed by atoms with Crippen LogP contribution in [0.3, 0.4) is 0 Å². The van der Waals surface area contributed by atoms with Crippen LogP contribution in [0.25, 0.3) is 6.08 Å². The van der Waals surface area contributed by atoms with E-state index < -0.39 is 29.8 Å². The van der Waals surface area contributed by atoms with Gasteiger partial charge in [-0.1, -0.05) is 24.3 Å². The highest BCUT2D eigenvalue weighted by atomic mass is 16.5. The van der Waals surface area contributed by atoms with E-state index in [0.717, 1.165) is 11.1 Å². The molecule has 2 amide bonds. The number of rotatable bonds is 6. The van der Waals surface area contributed by atoms with Crippen molar-refractivity contribution in [3.8, 4) is 11.5 Å². The van der Waals surface area contributed by atoms with E-state index >= 15 is 0 Å². The molecule has 8 heteroatoms. The molecule has 0 radical (unpaired) electrons. The minimum Gasteiger partial charge on any atom is -0.497 e. The van der Waals surface area contributed by atoms with E-state index in [1.165, 1.54) is 26.0 Å². The summed E-state index contributed by atoms with van der Waals surface area (Å²) in [6.07, 6.45) is 3.72. The first-order valence-electron chi connectivity index (χ1n) is 12.7. The molecule has 3 heterocycles. The van der Waals surface area contributed by atoms with Gasteiger partial charge in [0.2, 0.25) is 11.8 Å². The van der Waals surface area contributed by atoms with Crippen LogP contribution in [-0.2, 0) is 9.59 Å². The molecule has 6 rings (SSSR count). The van der Waals surface area contributed by atoms with Gasteiger partial charge in [-0.25, -0.2) is 4.90 Å². The molecular formula is C31H26N2O6. The Hall–Kier alpha value is -4.72. The number of hydrogen-bond donors (Lipinski definition) is 0. The lowest BCUT2D eigenvalue weighted by Crippen LogP contribution is -2.44. The summed E-state index contributed by atoms with van der Waals surface area (Å²) in [4.78, 5) is 57.2. The number of Topliss-reactive ketones (excluding diaryl/α,β-unsaturated/α-hetero) is 2. The molecule has 3 aromatic rings. The number of ketones is 2. The number of carbonyl (C=O) groups is 4. The Balaban J connectivity index is 1.49. The molecule has 0 saturated carbocycles. The number of anilines is 1. The third-order valence-corrected chi connectivity index (χ3v) is 7.93. The van der Waals surface area contributed by atoms with Gasteiger partial charge in [0, 0.05) is 11.8 Å². The summed E-state index contributed by atoms with van der Waals surface area (Å²) in [6.45, 7) is 1.46. The number of benzene rings is 3. The van der Waals surface area contributed by atoms with Crippen LogP contribution in [0.1, 0.15) is 44.8 Å². The summed E-state index contributed by atoms with van der Waals surface area (Å²) >= 11 is 0. The molecule has 39 heavy (non-hydrogen) atoms. The lowest BCUT2D eigenvalue weighted by Gasteiger charge is -2.35. The van der Waals surface area contributed by atoms with Crippen molar-refractivity contribution in [3.63, 3.8) is 0 Å². The third kappa shape index (κ3) is 3.66. The molecule has 196 valence electrons. The summed E-state index contributed by atoms with van der Waals surface area (Å²) in [6, 6.07) is 17.6. The average Bonchev–Trinajstić information content (AvgIpc) is 3.44. The number of hydrogen-bond acceptors (Lipinski definition) is 7. The summed E-state index contributed by atoms with van der Waals surface area (Å²) in [5, 5.41) is 0. The zero-order valence-electron chi connectivity index (χ0n) is 21.7. The Labute approximate surface area is 225 Å². The molecule has 3 aliphatic rings. The topological polar surface area (TPSA) is 93.2 Å². The van der Waals surface area contributed by atoms with E-state index in [0.29, 0.717) is 22.7 Å². The highest BCUT2D eigenvalue weighted by Crippen LogP contribution is 2.54. The van der Waals surface area contributed by atoms with Crippen molar-refractivity contribution in [2.45, 2.75) is 19.0 Å². The highest BCUT2D eigenvalue weighted by Gasteiger charge is 2.64. The van der Waals surface area contributed by atoms with Gasteiger partial charge in [-0.3, -0.25) is 19.2 Å². The predicted octanol–water partition coefficient (Wildman–Crippen LogP) is 4.30. The number of methoxy groups -OCH3 is 2. The number of carbonyl (C=O) groups excluding carboxylic acids is 4. The minimum atomic E-state index is -0.941. The Bertz CT molecular complexity index is 1560. The first-order chi connectivity index (χ1) is 18.8. The molecule has 2 fully saturated rings. The van der Waals surface area contributed by atoms with E-state index in [2.05, 4.69) is 0 Å². The molecule has 2 saturated heterocycles. The van der Waals surface area contributed by atoms with Gasteiger partial charge >= 0.3 is 0 Å². The molecular weight excluding hydrogens is 496 g/mol. The van der Waals surface area contributed by atoms with Crippen molar-refractivity contribution >= 4 is 35.1 Å². The van der Waals surface area contributed by atoms with Crippen LogP contribution in [-0.4, -0.2) is 48.5 Å². The fourth-order valence-electron chi connectivity index (χ4n) is 6.12. The number of ether oxygens (including phenoxy) is 2. The van der Waals surface area contributed by atoms with Crippen LogP contribution < -0.4 is 14.4 Å². The Morgan fingerprint density at radius 3 is 2.26 bits per heavy atom. The molecule has 4 atom stereocenters. The fraction of sp³-hybridized carbons (Fsp3) is 0.226. The van der Waals surface area contributed by atoms with Crippen LogP contribution in [0.15, 0.2) is 72.9 Å². The minimum absolute atomic E-state index is 0.114. The number of amides is 2. The normalized spacial score (nSPS) is 22.8. The molecule has 8 nitrogen and oxygen atoms in total. The first kappa shape index (κ1) is 24.6. The SMILES string of the molecule is COc1ccc(OC)c(C(=O)[C@@H]2[C@@H]3C(=O)N(c4ccc(C(C)=O)cc4)C(=O)[C@@H]3[C@H]3c4ccccc4C=CN23)c1. The van der Waals surface area contributed by atoms with E-state index in [-0.39, 0.29) is 23.0 Å². The van der Waals surface area contributed by atoms with Crippen LogP contribution in [0.4, 0.5) is 5.69 Å². The maximum Gasteiger partial charge on any atom is 0.240 e. The largest absolute Gasteiger partial charge is 0.497 e. The van der Waals surface area contributed by atoms with Gasteiger partial charge in [0.1, 0.15) is 17.5 Å². The van der Waals surface area contributed by atoms with Gasteiger partial charge in [0.05, 0.1) is 43.3 Å². The first-order valence-corrected chi connectivity index (χ1v) is 12.7. The van der Waals surface area contributed by atoms with Crippen molar-refractivity contribution in [1.29, 1.82) is 0 Å². The van der Waals surface area contributed by atoms with Crippen LogP contribution in [0, 0.1) is 11.8 Å². The maximum absolute atomic E-state index is 14.3. The van der Waals surface area contributed by atoms with Crippen molar-refractivity contribution in [1.82, 2.24) is 4.90 Å². The third-order valence-electron chi connectivity index (χ3n) is 7.93. The zero-order chi connectivity index (χ0) is 27.4. The monoisotopic (exact) mass is 522 g/mol. The lowest BCUT2D eigenvalue weighted by molar-refractivity contribution is -0.123. The van der Waals surface area contributed by atoms with Gasteiger partial charge in [-0.05, 0) is 66.6 Å². The van der Waals surface area contributed by atoms with E-state index in [9.17, 15) is 19.2 Å². The molecule has 0 unspecified atom stereocenters. The standard InChI is InChI=1S/C31H26N2O6/c1-17(34)18-8-10-20(11-9-18)33-30(36)25-26(31(33)37)28(29(35)23-16-21(38-2)12-13-24(23)39-3)32-15-14-19-6-4-5-7-22(19)27(25)32/h4-16,25-28H,1-3H3/t25-,26+,27+,28-/m0/s1. The zero-order valence-corrected chi connectivity index (χ0v) is 21.7. The number of fused-ring (bicyclic) bond motifs is 5. The summed E-state index contributed by atoms with van der Waals surface area (Å²) in [5.74, 6) is -2.12. The Kier molecular flexibility index (Phi) is 5.83. The van der Waals surface area contributed by atoms with Gasteiger partial charge in [0.15, 0.2) is 11.6 Å². The average molecular weight is 523 g/mol. The Morgan fingerprint density at radius 2 is 1.56 bits per heavy atom. The smallest absolute Gasteiger partial charge is 0.240 e. The van der Waals surface area contributed by atoms with Gasteiger partial charge in [-0.15, -0.1) is 0 Å². The van der Waals surface area contributed by atoms with Gasteiger partial charge in [0.25, 0.3) is 0 Å². The van der Waals surface area contributed by atoms with Gasteiger partial charge < -0.3 is 14.4 Å². The molecule has 0 N–H and O–H groups in total. The maximum atomic E-state index is 14.3. The summed E-state index contributed by atoms with van der Waals surface area (Å²) in [7, 11) is 2.99. The van der Waals surface area contributed by atoms with Crippen molar-refractivity contribution < 1.29 is 28.7 Å². The summed E-state index contributed by atoms with van der Waals surface area (Å²) < 4.78 is 10.9. The molecule has 0 aromatic heterocycles. The second-order valence-electron chi connectivity index (χ2n) is 9.88. The van der Waals surface area contributed by atoms with Gasteiger partial charge in [-0.2, -0.15) is 0 Å². The number of nitrogens with zero attached hydrogens (tertiary/aromatic N) is 2. The van der Waals surface area contributed by atoms with Crippen LogP contribution >= 0.6 is 0 Å². The second-order valence-corrected chi connectivity index (χ2v) is 9.88. The molecule has 0 aliphatic carbocycles. The second kappa shape index (κ2) is 9.23. The fourth-order valence-corrected chi connectivity index (χ4v) is 6.12. The molecule has 3 aromatic carbocycles. The van der Waals surface area contributed by atoms with Crippen molar-refractivity contribution in [3.05, 3.63) is 95.2 Å². The quantitative estimate of drug-likeness (QED) is 0.352. The Morgan fingerprint density at radius 1 is 0.846 bits per heavy atom. The van der Waals surface area contributed by atoms with E-state index in [4.69, 9.17) is 9.47 Å². The van der Waals surface area contributed by atoms with E-state index in [1.54, 1.807) is 42.5 Å². The molecule has 0 spiro atoms. The van der Waals surface area contributed by atoms with Crippen molar-refractivity contribution in [2.75, 3.05) is 19.1 Å². The molecule has 3 aliphatic heterocycles. The molecule has 0 bridgehead atoms. The number of imide groups is 1. The van der Waals surface area contributed by atoms with Crippen LogP contribution in [0.2, 0.25) is 0 Å². The lowest BCUT2D eigenvalue weighted by atomic mass is 9.83. The van der Waals surface area contributed by atoms with Crippen LogP contribution in [0.5, 0.6) is 11.5 Å². The predicted molar refractivity (Wildman–Crippen MR) is 144 cm³/mol. The summed E-state index contributed by atoms with van der Waals surface area (Å²) in [5.41, 5.74) is 2.96. The van der Waals surface area contributed by atoms with E-state index in [1.807, 2.05) is 41.4 Å². The van der Waals surface area contributed by atoms with Crippen molar-refractivity contribution in [2.24, 2.45) is 11.8 Å². The highest BCUT2D eigenvalue weighted by molar-refractivity contribution is 6.25.